The van der Waals surface area contributed by atoms with Gasteiger partial charge in [-0.2, -0.15) is 5.10 Å². The van der Waals surface area contributed by atoms with Crippen molar-refractivity contribution in [2.24, 2.45) is 11.8 Å². The van der Waals surface area contributed by atoms with Crippen molar-refractivity contribution < 1.29 is 0 Å². The van der Waals surface area contributed by atoms with E-state index in [4.69, 9.17) is 0 Å². The molecule has 0 aromatic carbocycles. The van der Waals surface area contributed by atoms with Crippen LogP contribution in [0.3, 0.4) is 0 Å². The number of nitrogens with zero attached hydrogens (tertiary/aromatic N) is 2. The van der Waals surface area contributed by atoms with Crippen molar-refractivity contribution in [2.45, 2.75) is 39.2 Å². The Labute approximate surface area is 104 Å². The van der Waals surface area contributed by atoms with E-state index in [9.17, 15) is 0 Å². The van der Waals surface area contributed by atoms with Gasteiger partial charge < -0.3 is 5.32 Å². The first kappa shape index (κ1) is 12.4. The highest BCUT2D eigenvalue weighted by Crippen LogP contribution is 2.27. The highest BCUT2D eigenvalue weighted by Gasteiger charge is 2.18. The van der Waals surface area contributed by atoms with Gasteiger partial charge in [-0.1, -0.05) is 26.3 Å². The summed E-state index contributed by atoms with van der Waals surface area (Å²) in [7, 11) is 0. The highest BCUT2D eigenvalue weighted by molar-refractivity contribution is 5.17. The van der Waals surface area contributed by atoms with Crippen molar-refractivity contribution in [3.8, 4) is 0 Å². The van der Waals surface area contributed by atoms with Crippen LogP contribution in [-0.2, 0) is 6.54 Å². The summed E-state index contributed by atoms with van der Waals surface area (Å²) in [6.45, 7) is 8.12. The van der Waals surface area contributed by atoms with Gasteiger partial charge in [-0.15, -0.1) is 0 Å². The van der Waals surface area contributed by atoms with Gasteiger partial charge >= 0.3 is 0 Å². The van der Waals surface area contributed by atoms with Crippen LogP contribution in [0.15, 0.2) is 19.0 Å². The van der Waals surface area contributed by atoms with Crippen molar-refractivity contribution in [1.82, 2.24) is 15.1 Å². The van der Waals surface area contributed by atoms with E-state index >= 15 is 0 Å². The molecule has 1 aliphatic carbocycles. The first-order valence-corrected chi connectivity index (χ1v) is 6.64. The second-order valence-corrected chi connectivity index (χ2v) is 5.28. The lowest BCUT2D eigenvalue weighted by Crippen LogP contribution is -2.26. The fourth-order valence-electron chi connectivity index (χ4n) is 2.73. The zero-order valence-corrected chi connectivity index (χ0v) is 10.7. The van der Waals surface area contributed by atoms with Crippen molar-refractivity contribution in [2.75, 3.05) is 6.54 Å². The smallest absolute Gasteiger partial charge is 0.0538 e. The van der Waals surface area contributed by atoms with Gasteiger partial charge in [-0.3, -0.25) is 0 Å². The molecule has 1 aromatic rings. The summed E-state index contributed by atoms with van der Waals surface area (Å²) in [6.07, 6.45) is 11.2. The van der Waals surface area contributed by atoms with E-state index in [1.54, 1.807) is 10.9 Å². The lowest BCUT2D eigenvalue weighted by atomic mass is 9.82. The molecule has 3 heteroatoms. The number of hydrogen-bond acceptors (Lipinski definition) is 2. The molecule has 0 spiro atoms. The highest BCUT2D eigenvalue weighted by atomic mass is 15.2. The molecule has 1 aromatic heterocycles. The minimum atomic E-state index is 0.869. The molecule has 2 rings (SSSR count). The third-order valence-corrected chi connectivity index (χ3v) is 3.65. The van der Waals surface area contributed by atoms with Gasteiger partial charge in [0.25, 0.3) is 0 Å². The first-order chi connectivity index (χ1) is 8.28. The molecule has 1 aliphatic rings. The van der Waals surface area contributed by atoms with Crippen LogP contribution in [0.4, 0.5) is 0 Å². The number of hydrogen-bond donors (Lipinski definition) is 1. The molecule has 0 aliphatic heterocycles. The number of nitrogens with one attached hydrogen (secondary N) is 1. The molecule has 1 heterocycles. The molecule has 1 fully saturated rings. The molecule has 0 amide bonds. The van der Waals surface area contributed by atoms with E-state index in [0.717, 1.165) is 24.9 Å². The summed E-state index contributed by atoms with van der Waals surface area (Å²) in [5.41, 5.74) is 1.23. The Kier molecular flexibility index (Phi) is 4.37. The Morgan fingerprint density at radius 2 is 2.47 bits per heavy atom. The Morgan fingerprint density at radius 1 is 1.59 bits per heavy atom. The Balaban J connectivity index is 1.70. The molecule has 94 valence electrons. The maximum Gasteiger partial charge on any atom is 0.0538 e. The molecule has 2 atom stereocenters. The normalized spacial score (nSPS) is 24.8. The Morgan fingerprint density at radius 3 is 3.18 bits per heavy atom. The van der Waals surface area contributed by atoms with Crippen molar-refractivity contribution >= 4 is 6.20 Å². The predicted octanol–water partition coefficient (Wildman–Crippen LogP) is 2.90. The molecule has 1 saturated carbocycles. The van der Waals surface area contributed by atoms with Crippen LogP contribution in [0.5, 0.6) is 0 Å². The molecule has 0 radical (unpaired) electrons. The molecule has 17 heavy (non-hydrogen) atoms. The summed E-state index contributed by atoms with van der Waals surface area (Å²) < 4.78 is 1.75. The third-order valence-electron chi connectivity index (χ3n) is 3.65. The molecule has 1 N–H and O–H groups in total. The SMILES string of the molecule is C=Cn1cc(CNCC2CCCC(C)C2)cn1. The van der Waals surface area contributed by atoms with Crippen LogP contribution in [0.25, 0.3) is 6.20 Å². The molecule has 2 unspecified atom stereocenters. The average molecular weight is 233 g/mol. The summed E-state index contributed by atoms with van der Waals surface area (Å²) >= 11 is 0. The van der Waals surface area contributed by atoms with Gasteiger partial charge in [0.05, 0.1) is 6.20 Å². The van der Waals surface area contributed by atoms with E-state index in [-0.39, 0.29) is 0 Å². The lowest BCUT2D eigenvalue weighted by molar-refractivity contribution is 0.274. The third kappa shape index (κ3) is 3.70. The summed E-state index contributed by atoms with van der Waals surface area (Å²) in [5.74, 6) is 1.78. The fraction of sp³-hybridized carbons (Fsp3) is 0.643. The molecular weight excluding hydrogens is 210 g/mol. The Bertz CT molecular complexity index is 356. The van der Waals surface area contributed by atoms with Crippen LogP contribution >= 0.6 is 0 Å². The monoisotopic (exact) mass is 233 g/mol. The second kappa shape index (κ2) is 6.01. The van der Waals surface area contributed by atoms with E-state index in [1.165, 1.54) is 31.2 Å². The van der Waals surface area contributed by atoms with Gasteiger partial charge in [0.1, 0.15) is 0 Å². The molecule has 0 saturated heterocycles. The van der Waals surface area contributed by atoms with Crippen molar-refractivity contribution in [3.63, 3.8) is 0 Å². The van der Waals surface area contributed by atoms with Gasteiger partial charge in [0, 0.05) is 24.5 Å². The van der Waals surface area contributed by atoms with Crippen LogP contribution < -0.4 is 5.32 Å². The number of rotatable bonds is 5. The Hall–Kier alpha value is -1.09. The van der Waals surface area contributed by atoms with Gasteiger partial charge in [-0.05, 0) is 31.2 Å². The fourth-order valence-corrected chi connectivity index (χ4v) is 2.73. The maximum atomic E-state index is 4.17. The number of aromatic nitrogens is 2. The van der Waals surface area contributed by atoms with Crippen molar-refractivity contribution in [1.29, 1.82) is 0 Å². The zero-order chi connectivity index (χ0) is 12.1. The molecular formula is C14H23N3. The standard InChI is InChI=1S/C14H23N3/c1-3-17-11-14(10-16-17)9-15-8-13-6-4-5-12(2)7-13/h3,10-13,15H,1,4-9H2,2H3. The predicted molar refractivity (Wildman–Crippen MR) is 71.4 cm³/mol. The lowest BCUT2D eigenvalue weighted by Gasteiger charge is -2.26. The minimum absolute atomic E-state index is 0.869. The molecule has 3 nitrogen and oxygen atoms in total. The molecule has 0 bridgehead atoms. The van der Waals surface area contributed by atoms with E-state index in [2.05, 4.69) is 23.9 Å². The topological polar surface area (TPSA) is 29.9 Å². The average Bonchev–Trinajstić information content (AvgIpc) is 2.77. The second-order valence-electron chi connectivity index (χ2n) is 5.28. The van der Waals surface area contributed by atoms with Crippen LogP contribution in [0, 0.1) is 11.8 Å². The van der Waals surface area contributed by atoms with E-state index in [0.29, 0.717) is 0 Å². The van der Waals surface area contributed by atoms with Crippen LogP contribution in [-0.4, -0.2) is 16.3 Å². The quantitative estimate of drug-likeness (QED) is 0.847. The van der Waals surface area contributed by atoms with E-state index in [1.807, 2.05) is 12.4 Å². The van der Waals surface area contributed by atoms with E-state index < -0.39 is 0 Å². The van der Waals surface area contributed by atoms with Gasteiger partial charge in [-0.25, -0.2) is 4.68 Å². The minimum Gasteiger partial charge on any atom is -0.312 e. The largest absolute Gasteiger partial charge is 0.312 e. The maximum absolute atomic E-state index is 4.17. The summed E-state index contributed by atoms with van der Waals surface area (Å²) in [4.78, 5) is 0. The van der Waals surface area contributed by atoms with Crippen LogP contribution in [0.1, 0.15) is 38.2 Å². The van der Waals surface area contributed by atoms with Gasteiger partial charge in [0.15, 0.2) is 0 Å². The van der Waals surface area contributed by atoms with Crippen molar-refractivity contribution in [3.05, 3.63) is 24.5 Å². The van der Waals surface area contributed by atoms with Gasteiger partial charge in [0.2, 0.25) is 0 Å². The zero-order valence-electron chi connectivity index (χ0n) is 10.7. The first-order valence-electron chi connectivity index (χ1n) is 6.64. The summed E-state index contributed by atoms with van der Waals surface area (Å²) in [6, 6.07) is 0. The summed E-state index contributed by atoms with van der Waals surface area (Å²) in [5, 5.41) is 7.71. The van der Waals surface area contributed by atoms with Crippen LogP contribution in [0.2, 0.25) is 0 Å².